The summed E-state index contributed by atoms with van der Waals surface area (Å²) in [4.78, 5) is 28.3. The first kappa shape index (κ1) is 21.6. The molecule has 7 nitrogen and oxygen atoms in total. The number of hydrogen-bond donors (Lipinski definition) is 1. The number of nitrogens with one attached hydrogen (secondary N) is 1. The van der Waals surface area contributed by atoms with Gasteiger partial charge in [-0.15, -0.1) is 11.3 Å². The van der Waals surface area contributed by atoms with Gasteiger partial charge < -0.3 is 15.0 Å². The van der Waals surface area contributed by atoms with E-state index in [0.717, 1.165) is 16.2 Å². The molecule has 164 valence electrons. The average Bonchev–Trinajstić information content (AvgIpc) is 3.50. The van der Waals surface area contributed by atoms with Crippen molar-refractivity contribution in [2.75, 3.05) is 26.0 Å². The van der Waals surface area contributed by atoms with Gasteiger partial charge in [0.2, 0.25) is 0 Å². The number of anilines is 1. The number of carbonyl (C=O) groups is 2. The quantitative estimate of drug-likeness (QED) is 0.599. The lowest BCUT2D eigenvalue weighted by Crippen LogP contribution is -2.41. The summed E-state index contributed by atoms with van der Waals surface area (Å²) in [7, 11) is 3.12. The van der Waals surface area contributed by atoms with Gasteiger partial charge in [0.1, 0.15) is 12.3 Å². The molecule has 1 N–H and O–H groups in total. The van der Waals surface area contributed by atoms with Crippen LogP contribution < -0.4 is 10.1 Å². The molecule has 8 heteroatoms. The van der Waals surface area contributed by atoms with E-state index in [4.69, 9.17) is 4.74 Å². The monoisotopic (exact) mass is 448 g/mol. The maximum absolute atomic E-state index is 13.2. The van der Waals surface area contributed by atoms with E-state index in [1.54, 1.807) is 43.7 Å². The zero-order valence-electron chi connectivity index (χ0n) is 17.9. The van der Waals surface area contributed by atoms with Gasteiger partial charge in [-0.25, -0.2) is 9.80 Å². The fourth-order valence-electron chi connectivity index (χ4n) is 3.57. The highest BCUT2D eigenvalue weighted by Crippen LogP contribution is 2.33. The molecule has 0 fully saturated rings. The molecule has 32 heavy (non-hydrogen) atoms. The van der Waals surface area contributed by atoms with E-state index >= 15 is 0 Å². The maximum Gasteiger partial charge on any atom is 0.322 e. The minimum atomic E-state index is -0.402. The Hall–Kier alpha value is -3.65. The number of methoxy groups -OCH3 is 1. The lowest BCUT2D eigenvalue weighted by molar-refractivity contribution is -0.133. The van der Waals surface area contributed by atoms with Crippen LogP contribution in [0.1, 0.15) is 22.9 Å². The van der Waals surface area contributed by atoms with Crippen LogP contribution in [0.5, 0.6) is 5.75 Å². The molecular formula is C24H24N4O3S. The lowest BCUT2D eigenvalue weighted by atomic mass is 10.0. The summed E-state index contributed by atoms with van der Waals surface area (Å²) in [6.07, 6.45) is 0.632. The number of ether oxygens (including phenoxy) is 1. The Kier molecular flexibility index (Phi) is 6.51. The molecule has 3 amide bonds. The molecule has 0 unspecified atom stereocenters. The molecule has 1 aliphatic rings. The average molecular weight is 449 g/mol. The Labute approximate surface area is 190 Å². The fraction of sp³-hybridized carbons (Fsp3) is 0.208. The Morgan fingerprint density at radius 2 is 1.88 bits per heavy atom. The zero-order valence-corrected chi connectivity index (χ0v) is 18.7. The van der Waals surface area contributed by atoms with Crippen molar-refractivity contribution in [1.29, 1.82) is 0 Å². The maximum atomic E-state index is 13.2. The predicted molar refractivity (Wildman–Crippen MR) is 126 cm³/mol. The molecule has 1 aromatic heterocycles. The Bertz CT molecular complexity index is 1120. The van der Waals surface area contributed by atoms with Crippen LogP contribution in [0.2, 0.25) is 0 Å². The van der Waals surface area contributed by atoms with Crippen molar-refractivity contribution in [3.63, 3.8) is 0 Å². The number of thiophene rings is 1. The van der Waals surface area contributed by atoms with E-state index in [-0.39, 0.29) is 18.5 Å². The number of likely N-dealkylation sites (N-methyl/N-ethyl adjacent to an activating group) is 1. The summed E-state index contributed by atoms with van der Waals surface area (Å²) in [5, 5.41) is 10.9. The zero-order chi connectivity index (χ0) is 22.5. The van der Waals surface area contributed by atoms with Crippen molar-refractivity contribution in [1.82, 2.24) is 9.91 Å². The molecule has 2 heterocycles. The summed E-state index contributed by atoms with van der Waals surface area (Å²) in [6, 6.07) is 20.3. The van der Waals surface area contributed by atoms with Crippen LogP contribution in [0.3, 0.4) is 0 Å². The summed E-state index contributed by atoms with van der Waals surface area (Å²) in [6.45, 7) is -0.106. The number of rotatable bonds is 6. The first-order chi connectivity index (χ1) is 15.6. The van der Waals surface area contributed by atoms with Crippen LogP contribution in [-0.2, 0) is 4.79 Å². The molecular weight excluding hydrogens is 424 g/mol. The Morgan fingerprint density at radius 1 is 1.12 bits per heavy atom. The van der Waals surface area contributed by atoms with Crippen LogP contribution in [0.15, 0.2) is 77.2 Å². The van der Waals surface area contributed by atoms with Crippen LogP contribution in [0.25, 0.3) is 0 Å². The van der Waals surface area contributed by atoms with Crippen molar-refractivity contribution in [2.45, 2.75) is 12.5 Å². The lowest BCUT2D eigenvalue weighted by Gasteiger charge is -2.25. The third-order valence-electron chi connectivity index (χ3n) is 5.22. The molecule has 1 aliphatic heterocycles. The van der Waals surface area contributed by atoms with Crippen molar-refractivity contribution >= 4 is 34.7 Å². The number of nitrogens with zero attached hydrogens (tertiary/aromatic N) is 3. The fourth-order valence-corrected chi connectivity index (χ4v) is 4.29. The summed E-state index contributed by atoms with van der Waals surface area (Å²) in [5.41, 5.74) is 2.43. The summed E-state index contributed by atoms with van der Waals surface area (Å²) >= 11 is 1.60. The van der Waals surface area contributed by atoms with Gasteiger partial charge in [0, 0.05) is 13.5 Å². The number of hydrogen-bond acceptors (Lipinski definition) is 5. The highest BCUT2D eigenvalue weighted by atomic mass is 32.1. The largest absolute Gasteiger partial charge is 0.495 e. The number of amides is 3. The molecule has 1 atom stereocenters. The molecule has 0 spiro atoms. The SMILES string of the molecule is COc1ccccc1NC(=O)N(C)CC(=O)N1N=C(c2cccs2)C[C@H]1c1ccccc1. The molecule has 4 rings (SSSR count). The standard InChI is InChI=1S/C24H24N4O3S/c1-27(24(30)25-18-11-6-7-12-21(18)31-2)16-23(29)28-20(17-9-4-3-5-10-17)15-19(26-28)22-13-8-14-32-22/h3-14,20H,15-16H2,1-2H3,(H,25,30)/t20-/m0/s1. The van der Waals surface area contributed by atoms with Gasteiger partial charge in [-0.2, -0.15) is 5.10 Å². The molecule has 0 saturated heterocycles. The van der Waals surface area contributed by atoms with Crippen LogP contribution >= 0.6 is 11.3 Å². The van der Waals surface area contributed by atoms with E-state index in [9.17, 15) is 9.59 Å². The van der Waals surface area contributed by atoms with Gasteiger partial charge in [-0.3, -0.25) is 4.79 Å². The minimum Gasteiger partial charge on any atom is -0.495 e. The Balaban J connectivity index is 1.49. The first-order valence-electron chi connectivity index (χ1n) is 10.2. The third-order valence-corrected chi connectivity index (χ3v) is 6.14. The van der Waals surface area contributed by atoms with Gasteiger partial charge in [0.25, 0.3) is 5.91 Å². The summed E-state index contributed by atoms with van der Waals surface area (Å²) in [5.74, 6) is 0.303. The van der Waals surface area contributed by atoms with E-state index in [1.807, 2.05) is 53.9 Å². The minimum absolute atomic E-state index is 0.106. The van der Waals surface area contributed by atoms with E-state index in [2.05, 4.69) is 10.4 Å². The topological polar surface area (TPSA) is 74.2 Å². The van der Waals surface area contributed by atoms with Crippen molar-refractivity contribution in [2.24, 2.45) is 5.10 Å². The van der Waals surface area contributed by atoms with Crippen LogP contribution in [0.4, 0.5) is 10.5 Å². The molecule has 0 aliphatic carbocycles. The van der Waals surface area contributed by atoms with Crippen molar-refractivity contribution in [3.8, 4) is 5.75 Å². The van der Waals surface area contributed by atoms with Gasteiger partial charge >= 0.3 is 6.03 Å². The van der Waals surface area contributed by atoms with E-state index < -0.39 is 6.03 Å². The second-order valence-corrected chi connectivity index (χ2v) is 8.33. The van der Waals surface area contributed by atoms with Gasteiger partial charge in [-0.1, -0.05) is 48.5 Å². The van der Waals surface area contributed by atoms with E-state index in [0.29, 0.717) is 17.9 Å². The number of benzene rings is 2. The van der Waals surface area contributed by atoms with Gasteiger partial charge in [0.05, 0.1) is 29.4 Å². The summed E-state index contributed by atoms with van der Waals surface area (Å²) < 4.78 is 5.27. The molecule has 0 radical (unpaired) electrons. The van der Waals surface area contributed by atoms with Crippen molar-refractivity contribution < 1.29 is 14.3 Å². The highest BCUT2D eigenvalue weighted by molar-refractivity contribution is 7.12. The molecule has 2 aromatic carbocycles. The second-order valence-electron chi connectivity index (χ2n) is 7.38. The predicted octanol–water partition coefficient (Wildman–Crippen LogP) is 4.60. The molecule has 0 saturated carbocycles. The van der Waals surface area contributed by atoms with Crippen LogP contribution in [0, 0.1) is 0 Å². The number of para-hydroxylation sites is 2. The highest BCUT2D eigenvalue weighted by Gasteiger charge is 2.34. The van der Waals surface area contributed by atoms with Crippen LogP contribution in [-0.4, -0.2) is 48.3 Å². The Morgan fingerprint density at radius 3 is 2.59 bits per heavy atom. The molecule has 3 aromatic rings. The number of urea groups is 1. The number of hydrazone groups is 1. The molecule has 0 bridgehead atoms. The third kappa shape index (κ3) is 4.65. The first-order valence-corrected chi connectivity index (χ1v) is 11.1. The number of carbonyl (C=O) groups excluding carboxylic acids is 2. The second kappa shape index (κ2) is 9.65. The normalized spacial score (nSPS) is 15.2. The van der Waals surface area contributed by atoms with Gasteiger partial charge in [0.15, 0.2) is 0 Å². The van der Waals surface area contributed by atoms with Crippen molar-refractivity contribution in [3.05, 3.63) is 82.6 Å². The van der Waals surface area contributed by atoms with E-state index in [1.165, 1.54) is 9.91 Å². The smallest absolute Gasteiger partial charge is 0.322 e. The van der Waals surface area contributed by atoms with Gasteiger partial charge in [-0.05, 0) is 29.1 Å².